The first kappa shape index (κ1) is 20.0. The molecule has 2 aliphatic heterocycles. The summed E-state index contributed by atoms with van der Waals surface area (Å²) in [6.45, 7) is 8.27. The second-order valence-corrected chi connectivity index (χ2v) is 8.87. The van der Waals surface area contributed by atoms with Crippen LogP contribution in [0.25, 0.3) is 11.3 Å². The molecule has 2 unspecified atom stereocenters. The fourth-order valence-corrected chi connectivity index (χ4v) is 4.88. The van der Waals surface area contributed by atoms with E-state index in [0.29, 0.717) is 22.5 Å². The zero-order valence-electron chi connectivity index (χ0n) is 17.9. The molecule has 0 spiro atoms. The lowest BCUT2D eigenvalue weighted by Gasteiger charge is -2.53. The van der Waals surface area contributed by atoms with Crippen molar-refractivity contribution in [2.24, 2.45) is 5.92 Å². The number of hydrogen-bond acceptors (Lipinski definition) is 5. The molecule has 2 atom stereocenters. The number of likely N-dealkylation sites (tertiary alicyclic amines) is 1. The Morgan fingerprint density at radius 2 is 1.90 bits per heavy atom. The van der Waals surface area contributed by atoms with Crippen molar-refractivity contribution < 1.29 is 4.79 Å². The molecule has 3 aromatic rings. The Labute approximate surface area is 186 Å². The third-order valence-corrected chi connectivity index (χ3v) is 7.09. The van der Waals surface area contributed by atoms with Gasteiger partial charge in [0.25, 0.3) is 5.91 Å². The van der Waals surface area contributed by atoms with E-state index in [1.165, 1.54) is 0 Å². The van der Waals surface area contributed by atoms with Gasteiger partial charge in [0, 0.05) is 42.9 Å². The van der Waals surface area contributed by atoms with Crippen molar-refractivity contribution in [1.29, 1.82) is 0 Å². The van der Waals surface area contributed by atoms with Crippen LogP contribution in [-0.2, 0) is 0 Å². The minimum absolute atomic E-state index is 0.0702. The fraction of sp³-hybridized carbons (Fsp3) is 0.391. The lowest BCUT2D eigenvalue weighted by Crippen LogP contribution is -2.66. The quantitative estimate of drug-likeness (QED) is 0.675. The van der Waals surface area contributed by atoms with Gasteiger partial charge in [0.2, 0.25) is 5.95 Å². The number of amides is 1. The topological polar surface area (TPSA) is 78.0 Å². The standard InChI is InChI=1S/C23H25ClN6O/c1-13-5-4-6-17(20(13)18-7-9-25-28-18)22(31)30-11-16-8-10-29(12-19(16)30)23-26-14(2)21(24)15(3)27-23/h4-7,9,16,19H,8,10-12H2,1-3H3,(H,25,28). The van der Waals surface area contributed by atoms with Crippen LogP contribution in [0.2, 0.25) is 5.02 Å². The number of nitrogens with zero attached hydrogens (tertiary/aromatic N) is 5. The summed E-state index contributed by atoms with van der Waals surface area (Å²) in [6.07, 6.45) is 2.74. The maximum absolute atomic E-state index is 13.6. The summed E-state index contributed by atoms with van der Waals surface area (Å²) in [4.78, 5) is 26.9. The molecule has 1 amide bonds. The Balaban J connectivity index is 1.40. The minimum Gasteiger partial charge on any atom is -0.339 e. The lowest BCUT2D eigenvalue weighted by atomic mass is 9.81. The van der Waals surface area contributed by atoms with Crippen molar-refractivity contribution in [2.75, 3.05) is 24.5 Å². The summed E-state index contributed by atoms with van der Waals surface area (Å²) in [5.74, 6) is 1.29. The Bertz CT molecular complexity index is 1120. The average Bonchev–Trinajstić information content (AvgIpc) is 3.26. The first-order valence-electron chi connectivity index (χ1n) is 10.6. The number of halogens is 1. The van der Waals surface area contributed by atoms with Crippen LogP contribution in [0.15, 0.2) is 30.5 Å². The van der Waals surface area contributed by atoms with Gasteiger partial charge in [-0.1, -0.05) is 23.7 Å². The monoisotopic (exact) mass is 436 g/mol. The number of nitrogens with one attached hydrogen (secondary N) is 1. The highest BCUT2D eigenvalue weighted by Crippen LogP contribution is 2.37. The molecule has 1 aromatic carbocycles. The van der Waals surface area contributed by atoms with Crippen LogP contribution in [0.3, 0.4) is 0 Å². The van der Waals surface area contributed by atoms with E-state index >= 15 is 0 Å². The normalized spacial score (nSPS) is 20.4. The molecule has 2 fully saturated rings. The van der Waals surface area contributed by atoms with E-state index in [1.807, 2.05) is 49.9 Å². The molecule has 31 heavy (non-hydrogen) atoms. The van der Waals surface area contributed by atoms with Gasteiger partial charge in [-0.25, -0.2) is 9.97 Å². The second kappa shape index (κ2) is 7.64. The van der Waals surface area contributed by atoms with Crippen molar-refractivity contribution in [3.8, 4) is 11.3 Å². The van der Waals surface area contributed by atoms with E-state index in [9.17, 15) is 4.79 Å². The number of aromatic nitrogens is 4. The van der Waals surface area contributed by atoms with Crippen LogP contribution in [0, 0.1) is 26.7 Å². The Kier molecular flexibility index (Phi) is 4.93. The minimum atomic E-state index is 0.0702. The maximum Gasteiger partial charge on any atom is 0.254 e. The van der Waals surface area contributed by atoms with Crippen molar-refractivity contribution in [1.82, 2.24) is 25.1 Å². The molecule has 0 aliphatic carbocycles. The second-order valence-electron chi connectivity index (χ2n) is 8.50. The Morgan fingerprint density at radius 3 is 2.61 bits per heavy atom. The number of aryl methyl sites for hydroxylation is 3. The third-order valence-electron chi connectivity index (χ3n) is 6.54. The van der Waals surface area contributed by atoms with Crippen molar-refractivity contribution in [3.05, 3.63) is 58.0 Å². The van der Waals surface area contributed by atoms with E-state index in [-0.39, 0.29) is 11.9 Å². The number of carbonyl (C=O) groups is 1. The van der Waals surface area contributed by atoms with Gasteiger partial charge in [0.05, 0.1) is 28.1 Å². The molecule has 2 saturated heterocycles. The molecule has 5 rings (SSSR count). The number of H-pyrrole nitrogens is 1. The first-order valence-corrected chi connectivity index (χ1v) is 11.0. The molecule has 2 aliphatic rings. The number of anilines is 1. The number of carbonyl (C=O) groups excluding carboxylic acids is 1. The van der Waals surface area contributed by atoms with Crippen LogP contribution in [0.5, 0.6) is 0 Å². The highest BCUT2D eigenvalue weighted by atomic mass is 35.5. The van der Waals surface area contributed by atoms with Crippen LogP contribution < -0.4 is 4.90 Å². The summed E-state index contributed by atoms with van der Waals surface area (Å²) < 4.78 is 0. The van der Waals surface area contributed by atoms with E-state index in [1.54, 1.807) is 6.20 Å². The van der Waals surface area contributed by atoms with E-state index < -0.39 is 0 Å². The number of aromatic amines is 1. The largest absolute Gasteiger partial charge is 0.339 e. The lowest BCUT2D eigenvalue weighted by molar-refractivity contribution is 0.00773. The van der Waals surface area contributed by atoms with Crippen molar-refractivity contribution in [2.45, 2.75) is 33.2 Å². The van der Waals surface area contributed by atoms with Gasteiger partial charge in [-0.05, 0) is 44.9 Å². The van der Waals surface area contributed by atoms with Gasteiger partial charge < -0.3 is 9.80 Å². The van der Waals surface area contributed by atoms with Crippen LogP contribution >= 0.6 is 11.6 Å². The highest BCUT2D eigenvalue weighted by Gasteiger charge is 2.46. The Morgan fingerprint density at radius 1 is 1.13 bits per heavy atom. The summed E-state index contributed by atoms with van der Waals surface area (Å²) in [6, 6.07) is 7.95. The van der Waals surface area contributed by atoms with Crippen molar-refractivity contribution >= 4 is 23.5 Å². The predicted molar refractivity (Wildman–Crippen MR) is 120 cm³/mol. The summed E-state index contributed by atoms with van der Waals surface area (Å²) in [5, 5.41) is 7.69. The SMILES string of the molecule is Cc1cccc(C(=O)N2CC3CCN(c4nc(C)c(Cl)c(C)n4)CC32)c1-c1ccn[nH]1. The van der Waals surface area contributed by atoms with Crippen LogP contribution in [-0.4, -0.2) is 56.6 Å². The number of benzene rings is 1. The van der Waals surface area contributed by atoms with Gasteiger partial charge in [-0.15, -0.1) is 0 Å². The molecule has 1 N–H and O–H groups in total. The van der Waals surface area contributed by atoms with Gasteiger partial charge in [-0.3, -0.25) is 9.89 Å². The zero-order valence-corrected chi connectivity index (χ0v) is 18.6. The van der Waals surface area contributed by atoms with Gasteiger partial charge in [0.15, 0.2) is 0 Å². The average molecular weight is 437 g/mol. The van der Waals surface area contributed by atoms with E-state index in [2.05, 4.69) is 25.1 Å². The van der Waals surface area contributed by atoms with Gasteiger partial charge >= 0.3 is 0 Å². The molecule has 0 saturated carbocycles. The number of piperidine rings is 1. The predicted octanol–water partition coefficient (Wildman–Crippen LogP) is 3.80. The zero-order chi connectivity index (χ0) is 21.7. The molecular formula is C23H25ClN6O. The molecule has 7 nitrogen and oxygen atoms in total. The third kappa shape index (κ3) is 3.37. The molecule has 8 heteroatoms. The molecule has 160 valence electrons. The maximum atomic E-state index is 13.6. The molecular weight excluding hydrogens is 412 g/mol. The van der Waals surface area contributed by atoms with E-state index in [4.69, 9.17) is 11.6 Å². The highest BCUT2D eigenvalue weighted by molar-refractivity contribution is 6.31. The molecule has 4 heterocycles. The molecule has 2 aromatic heterocycles. The molecule has 0 radical (unpaired) electrons. The number of rotatable bonds is 3. The summed E-state index contributed by atoms with van der Waals surface area (Å²) in [5.41, 5.74) is 5.14. The van der Waals surface area contributed by atoms with Crippen LogP contribution in [0.1, 0.15) is 33.7 Å². The van der Waals surface area contributed by atoms with Gasteiger partial charge in [-0.2, -0.15) is 5.10 Å². The van der Waals surface area contributed by atoms with E-state index in [0.717, 1.165) is 54.3 Å². The number of fused-ring (bicyclic) bond motifs is 1. The smallest absolute Gasteiger partial charge is 0.254 e. The first-order chi connectivity index (χ1) is 14.9. The summed E-state index contributed by atoms with van der Waals surface area (Å²) >= 11 is 6.25. The Hall–Kier alpha value is -2.93. The van der Waals surface area contributed by atoms with Crippen molar-refractivity contribution in [3.63, 3.8) is 0 Å². The summed E-state index contributed by atoms with van der Waals surface area (Å²) in [7, 11) is 0. The van der Waals surface area contributed by atoms with Gasteiger partial charge in [0.1, 0.15) is 0 Å². The number of hydrogen-bond donors (Lipinski definition) is 1. The fourth-order valence-electron chi connectivity index (χ4n) is 4.79. The molecule has 0 bridgehead atoms. The van der Waals surface area contributed by atoms with Crippen LogP contribution in [0.4, 0.5) is 5.95 Å².